The molecule has 0 aromatic heterocycles. The van der Waals surface area contributed by atoms with Gasteiger partial charge in [-0.25, -0.2) is 4.79 Å². The normalized spacial score (nSPS) is 17.3. The van der Waals surface area contributed by atoms with Crippen molar-refractivity contribution in [1.29, 1.82) is 0 Å². The minimum atomic E-state index is -1.46. The van der Waals surface area contributed by atoms with Gasteiger partial charge in [0.25, 0.3) is 0 Å². The first-order chi connectivity index (χ1) is 29.3. The van der Waals surface area contributed by atoms with Crippen molar-refractivity contribution in [2.75, 3.05) is 26.7 Å². The van der Waals surface area contributed by atoms with Crippen LogP contribution in [-0.2, 0) is 24.7 Å². The molecule has 8 heteroatoms. The van der Waals surface area contributed by atoms with E-state index in [0.29, 0.717) is 35.2 Å². The van der Waals surface area contributed by atoms with Crippen LogP contribution >= 0.6 is 11.6 Å². The fraction of sp³-hybridized carbons (Fsp3) is 0.365. The topological polar surface area (TPSA) is 76.1 Å². The van der Waals surface area contributed by atoms with Gasteiger partial charge in [-0.2, -0.15) is 0 Å². The third kappa shape index (κ3) is 8.60. The number of piperidine rings is 1. The highest BCUT2D eigenvalue weighted by molar-refractivity contribution is 6.31. The molecule has 2 aliphatic carbocycles. The molecule has 1 saturated heterocycles. The van der Waals surface area contributed by atoms with Crippen molar-refractivity contribution in [2.45, 2.75) is 94.1 Å². The summed E-state index contributed by atoms with van der Waals surface area (Å²) < 4.78 is 12.9. The number of hydrogen-bond acceptors (Lipinski definition) is 5. The number of ether oxygens (including phenoxy) is 2. The van der Waals surface area contributed by atoms with Gasteiger partial charge in [-0.3, -0.25) is 14.5 Å². The van der Waals surface area contributed by atoms with Crippen LogP contribution in [-0.4, -0.2) is 60.6 Å². The fourth-order valence-corrected chi connectivity index (χ4v) is 10.0. The Morgan fingerprint density at radius 2 is 1.23 bits per heavy atom. The predicted molar refractivity (Wildman–Crippen MR) is 237 cm³/mol. The minimum absolute atomic E-state index is 0.0900. The predicted octanol–water partition coefficient (Wildman–Crippen LogP) is 11.7. The quantitative estimate of drug-likeness (QED) is 0.0979. The molecule has 0 bridgehead atoms. The van der Waals surface area contributed by atoms with E-state index in [1.807, 2.05) is 72.8 Å². The summed E-state index contributed by atoms with van der Waals surface area (Å²) in [6.07, 6.45) is 10.3. The number of hydrogen-bond donors (Lipinski definition) is 0. The zero-order chi connectivity index (χ0) is 41.5. The Morgan fingerprint density at radius 1 is 0.683 bits per heavy atom. The van der Waals surface area contributed by atoms with Gasteiger partial charge in [-0.15, -0.1) is 0 Å². The van der Waals surface area contributed by atoms with Gasteiger partial charge in [0.05, 0.1) is 6.42 Å². The third-order valence-corrected chi connectivity index (χ3v) is 13.3. The van der Waals surface area contributed by atoms with E-state index in [9.17, 15) is 14.4 Å². The maximum atomic E-state index is 14.8. The van der Waals surface area contributed by atoms with Crippen molar-refractivity contribution in [3.05, 3.63) is 166 Å². The molecule has 1 saturated carbocycles. The number of halogens is 1. The Kier molecular flexibility index (Phi) is 13.0. The summed E-state index contributed by atoms with van der Waals surface area (Å²) in [6.45, 7) is 1.21. The maximum Gasteiger partial charge on any atom is 0.410 e. The van der Waals surface area contributed by atoms with Gasteiger partial charge in [-0.1, -0.05) is 165 Å². The van der Waals surface area contributed by atoms with Crippen LogP contribution < -0.4 is 0 Å². The van der Waals surface area contributed by atoms with Crippen LogP contribution in [0.3, 0.4) is 0 Å². The monoisotopic (exact) mass is 822 g/mol. The molecule has 3 aliphatic rings. The van der Waals surface area contributed by atoms with Crippen molar-refractivity contribution in [3.63, 3.8) is 0 Å². The first-order valence-electron chi connectivity index (χ1n) is 21.8. The summed E-state index contributed by atoms with van der Waals surface area (Å²) in [7, 11) is 1.55. The number of nitrogens with zero attached hydrogens (tertiary/aromatic N) is 2. The van der Waals surface area contributed by atoms with Gasteiger partial charge in [0, 0.05) is 47.8 Å². The van der Waals surface area contributed by atoms with E-state index in [4.69, 9.17) is 21.1 Å². The molecule has 5 aromatic rings. The smallest absolute Gasteiger partial charge is 0.410 e. The summed E-state index contributed by atoms with van der Waals surface area (Å²) in [5, 5.41) is 0.440. The molecule has 7 nitrogen and oxygen atoms in total. The SMILES string of the molecule is CN(C(=O)OCC1c2ccccc2-c2ccccc21)[C@@H](CC(=O)OC(c1ccccc1)(c1ccc(C2CCCCCCC2)cc1)c1ccccc1Cl)C(=O)N1CCCCC1. The van der Waals surface area contributed by atoms with Crippen LogP contribution in [0.2, 0.25) is 5.02 Å². The van der Waals surface area contributed by atoms with E-state index in [-0.39, 0.29) is 24.9 Å². The number of esters is 1. The highest BCUT2D eigenvalue weighted by Crippen LogP contribution is 2.46. The molecule has 1 unspecified atom stereocenters. The Hall–Kier alpha value is -5.40. The average molecular weight is 823 g/mol. The molecule has 60 heavy (non-hydrogen) atoms. The molecule has 2 amide bonds. The van der Waals surface area contributed by atoms with Gasteiger partial charge < -0.3 is 14.4 Å². The summed E-state index contributed by atoms with van der Waals surface area (Å²) in [5.41, 5.74) is 6.32. The minimum Gasteiger partial charge on any atom is -0.448 e. The van der Waals surface area contributed by atoms with E-state index >= 15 is 0 Å². The summed E-state index contributed by atoms with van der Waals surface area (Å²) in [5.74, 6) is -0.620. The highest BCUT2D eigenvalue weighted by Gasteiger charge is 2.44. The molecule has 0 radical (unpaired) electrons. The lowest BCUT2D eigenvalue weighted by Crippen LogP contribution is -2.52. The number of likely N-dealkylation sites (N-methyl/N-ethyl adjacent to an activating group) is 1. The first kappa shape index (κ1) is 41.3. The number of fused-ring (bicyclic) bond motifs is 3. The second-order valence-electron chi connectivity index (χ2n) is 16.7. The van der Waals surface area contributed by atoms with E-state index in [2.05, 4.69) is 48.5 Å². The van der Waals surface area contributed by atoms with Gasteiger partial charge >= 0.3 is 12.1 Å². The van der Waals surface area contributed by atoms with E-state index < -0.39 is 23.7 Å². The van der Waals surface area contributed by atoms with E-state index in [1.165, 1.54) is 42.6 Å². The molecule has 0 N–H and O–H groups in total. The molecular formula is C52H55ClN2O5. The lowest BCUT2D eigenvalue weighted by molar-refractivity contribution is -0.157. The summed E-state index contributed by atoms with van der Waals surface area (Å²) >= 11 is 7.06. The summed E-state index contributed by atoms with van der Waals surface area (Å²) in [4.78, 5) is 46.5. The highest BCUT2D eigenvalue weighted by atomic mass is 35.5. The molecular weight excluding hydrogens is 768 g/mol. The molecule has 1 aliphatic heterocycles. The number of rotatable bonds is 11. The van der Waals surface area contributed by atoms with Crippen LogP contribution in [0.15, 0.2) is 127 Å². The van der Waals surface area contributed by atoms with Gasteiger partial charge in [0.15, 0.2) is 5.60 Å². The van der Waals surface area contributed by atoms with E-state index in [0.717, 1.165) is 59.9 Å². The molecule has 1 heterocycles. The molecule has 8 rings (SSSR count). The lowest BCUT2D eigenvalue weighted by Gasteiger charge is -2.37. The first-order valence-corrected chi connectivity index (χ1v) is 22.2. The van der Waals surface area contributed by atoms with Crippen molar-refractivity contribution >= 4 is 29.6 Å². The second-order valence-corrected chi connectivity index (χ2v) is 17.1. The van der Waals surface area contributed by atoms with Crippen molar-refractivity contribution in [1.82, 2.24) is 9.80 Å². The summed E-state index contributed by atoms with van der Waals surface area (Å²) in [6, 6.07) is 40.8. The van der Waals surface area contributed by atoms with Gasteiger partial charge in [-0.05, 0) is 71.9 Å². The van der Waals surface area contributed by atoms with Crippen molar-refractivity contribution in [3.8, 4) is 11.1 Å². The molecule has 5 aromatic carbocycles. The van der Waals surface area contributed by atoms with Crippen LogP contribution in [0.25, 0.3) is 11.1 Å². The molecule has 310 valence electrons. The van der Waals surface area contributed by atoms with Crippen LogP contribution in [0.4, 0.5) is 4.79 Å². The fourth-order valence-electron chi connectivity index (χ4n) is 9.76. The molecule has 2 atom stereocenters. The largest absolute Gasteiger partial charge is 0.448 e. The number of carbonyl (C=O) groups is 3. The zero-order valence-electron chi connectivity index (χ0n) is 34.6. The molecule has 2 fully saturated rings. The Bertz CT molecular complexity index is 2220. The second kappa shape index (κ2) is 18.9. The Labute approximate surface area is 359 Å². The lowest BCUT2D eigenvalue weighted by atomic mass is 9.78. The van der Waals surface area contributed by atoms with Crippen LogP contribution in [0, 0.1) is 0 Å². The van der Waals surface area contributed by atoms with Crippen LogP contribution in [0.1, 0.15) is 116 Å². The standard InChI is InChI=1S/C52H55ClN2O5/c1-54(51(58)59-36-45-43-25-13-11-23-41(43)42-24-12-14-26-44(42)45)48(50(57)55-33-17-6-18-34-55)35-49(56)60-52(39-21-9-5-10-22-39,46-27-15-16-28-47(46)53)40-31-29-38(30-32-40)37-19-7-3-2-4-8-20-37/h5,9-16,21-32,37,45,48H,2-4,6-8,17-20,33-36H2,1H3/t48-,52?/m0/s1. The van der Waals surface area contributed by atoms with Crippen molar-refractivity contribution < 1.29 is 23.9 Å². The Morgan fingerprint density at radius 3 is 1.88 bits per heavy atom. The third-order valence-electron chi connectivity index (χ3n) is 13.0. The number of likely N-dealkylation sites (tertiary alicyclic amines) is 1. The zero-order valence-corrected chi connectivity index (χ0v) is 35.3. The Balaban J connectivity index is 1.11. The van der Waals surface area contributed by atoms with Gasteiger partial charge in [0.2, 0.25) is 5.91 Å². The molecule has 0 spiro atoms. The number of benzene rings is 5. The average Bonchev–Trinajstić information content (AvgIpc) is 3.60. The van der Waals surface area contributed by atoms with E-state index in [1.54, 1.807) is 18.0 Å². The van der Waals surface area contributed by atoms with Crippen molar-refractivity contribution in [2.24, 2.45) is 0 Å². The maximum absolute atomic E-state index is 14.8. The van der Waals surface area contributed by atoms with Gasteiger partial charge in [0.1, 0.15) is 12.6 Å². The number of amides is 2. The number of carbonyl (C=O) groups excluding carboxylic acids is 3. The van der Waals surface area contributed by atoms with Crippen LogP contribution in [0.5, 0.6) is 0 Å².